The molecule has 4 unspecified atom stereocenters. The Morgan fingerprint density at radius 2 is 1.90 bits per heavy atom. The largest absolute Gasteiger partial charge is 0.481 e. The summed E-state index contributed by atoms with van der Waals surface area (Å²) in [6, 6.07) is 3.26. The number of carboxylic acid groups (broad SMARTS) is 1. The highest BCUT2D eigenvalue weighted by molar-refractivity contribution is 5.71. The van der Waals surface area contributed by atoms with Crippen molar-refractivity contribution >= 4 is 5.97 Å². The van der Waals surface area contributed by atoms with E-state index in [1.54, 1.807) is 26.0 Å². The van der Waals surface area contributed by atoms with Crippen molar-refractivity contribution in [3.05, 3.63) is 34.6 Å². The van der Waals surface area contributed by atoms with Gasteiger partial charge in [0.15, 0.2) is 0 Å². The van der Waals surface area contributed by atoms with E-state index in [0.717, 1.165) is 6.42 Å². The Hall–Kier alpha value is -1.42. The second-order valence-corrected chi connectivity index (χ2v) is 6.27. The maximum Gasteiger partial charge on any atom is 0.306 e. The molecule has 4 heteroatoms. The van der Waals surface area contributed by atoms with Crippen LogP contribution >= 0.6 is 0 Å². The lowest BCUT2D eigenvalue weighted by Gasteiger charge is -2.23. The lowest BCUT2D eigenvalue weighted by molar-refractivity contribution is -0.144. The lowest BCUT2D eigenvalue weighted by Crippen LogP contribution is -2.24. The number of carboxylic acids is 1. The molecular weight excluding hydrogens is 271 g/mol. The highest BCUT2D eigenvalue weighted by Gasteiger charge is 2.42. The number of aliphatic hydroxyl groups excluding tert-OH is 1. The molecule has 0 aromatic heterocycles. The van der Waals surface area contributed by atoms with Gasteiger partial charge in [-0.15, -0.1) is 0 Å². The van der Waals surface area contributed by atoms with Crippen LogP contribution in [0, 0.1) is 37.4 Å². The van der Waals surface area contributed by atoms with E-state index >= 15 is 0 Å². The van der Waals surface area contributed by atoms with Crippen LogP contribution in [0.4, 0.5) is 4.39 Å². The van der Waals surface area contributed by atoms with E-state index in [1.165, 1.54) is 0 Å². The number of aliphatic hydroxyl groups is 1. The normalized spacial score (nSPS) is 26.8. The van der Waals surface area contributed by atoms with Gasteiger partial charge in [-0.2, -0.15) is 0 Å². The fraction of sp³-hybridized carbons (Fsp3) is 0.588. The van der Waals surface area contributed by atoms with E-state index in [1.807, 2.05) is 6.92 Å². The Kier molecular flexibility index (Phi) is 4.67. The van der Waals surface area contributed by atoms with Gasteiger partial charge in [-0.05, 0) is 49.3 Å². The Bertz CT molecular complexity index is 518. The maximum absolute atomic E-state index is 13.7. The smallest absolute Gasteiger partial charge is 0.306 e. The van der Waals surface area contributed by atoms with Crippen LogP contribution in [0.15, 0.2) is 12.1 Å². The molecule has 0 amide bonds. The zero-order valence-corrected chi connectivity index (χ0v) is 12.8. The summed E-state index contributed by atoms with van der Waals surface area (Å²) in [6.07, 6.45) is 1.41. The summed E-state index contributed by atoms with van der Waals surface area (Å²) in [5.41, 5.74) is 1.60. The van der Waals surface area contributed by atoms with Crippen LogP contribution < -0.4 is 0 Å². The van der Waals surface area contributed by atoms with E-state index < -0.39 is 18.0 Å². The molecule has 0 aliphatic heterocycles. The summed E-state index contributed by atoms with van der Waals surface area (Å²) in [5.74, 6) is -1.58. The molecular formula is C17H23FO3. The fourth-order valence-electron chi connectivity index (χ4n) is 3.54. The van der Waals surface area contributed by atoms with E-state index in [2.05, 4.69) is 0 Å². The van der Waals surface area contributed by atoms with Gasteiger partial charge in [-0.3, -0.25) is 4.79 Å². The van der Waals surface area contributed by atoms with Crippen LogP contribution in [0.1, 0.15) is 49.0 Å². The number of rotatable bonds is 4. The van der Waals surface area contributed by atoms with Crippen LogP contribution in [-0.2, 0) is 4.79 Å². The summed E-state index contributed by atoms with van der Waals surface area (Å²) < 4.78 is 13.7. The summed E-state index contributed by atoms with van der Waals surface area (Å²) in [4.78, 5) is 11.4. The first-order chi connectivity index (χ1) is 9.85. The first kappa shape index (κ1) is 16.0. The molecule has 0 saturated heterocycles. The van der Waals surface area contributed by atoms with Crippen LogP contribution in [0.3, 0.4) is 0 Å². The van der Waals surface area contributed by atoms with E-state index in [0.29, 0.717) is 35.4 Å². The Morgan fingerprint density at radius 1 is 1.33 bits per heavy atom. The summed E-state index contributed by atoms with van der Waals surface area (Å²) in [6.45, 7) is 5.37. The van der Waals surface area contributed by atoms with Gasteiger partial charge in [-0.1, -0.05) is 25.5 Å². The van der Waals surface area contributed by atoms with Crippen molar-refractivity contribution in [1.29, 1.82) is 0 Å². The molecule has 1 saturated carbocycles. The molecule has 1 aromatic rings. The van der Waals surface area contributed by atoms with Crippen molar-refractivity contribution in [3.8, 4) is 0 Å². The topological polar surface area (TPSA) is 57.5 Å². The van der Waals surface area contributed by atoms with Gasteiger partial charge in [0.1, 0.15) is 5.82 Å². The zero-order chi connectivity index (χ0) is 15.7. The van der Waals surface area contributed by atoms with Gasteiger partial charge >= 0.3 is 5.97 Å². The van der Waals surface area contributed by atoms with Crippen molar-refractivity contribution in [2.45, 2.75) is 46.1 Å². The Labute approximate surface area is 124 Å². The highest BCUT2D eigenvalue weighted by Crippen LogP contribution is 2.45. The number of benzene rings is 1. The zero-order valence-electron chi connectivity index (χ0n) is 12.8. The quantitative estimate of drug-likeness (QED) is 0.892. The summed E-state index contributed by atoms with van der Waals surface area (Å²) >= 11 is 0. The Morgan fingerprint density at radius 3 is 2.38 bits per heavy atom. The number of aryl methyl sites for hydroxylation is 2. The van der Waals surface area contributed by atoms with Gasteiger partial charge in [0.2, 0.25) is 0 Å². The SMILES string of the molecule is CCC1CC(C(=O)O)C(C(O)c2cc(C)c(F)c(C)c2)C1. The number of hydrogen-bond acceptors (Lipinski definition) is 2. The number of hydrogen-bond donors (Lipinski definition) is 2. The fourth-order valence-corrected chi connectivity index (χ4v) is 3.54. The predicted molar refractivity (Wildman–Crippen MR) is 78.5 cm³/mol. The maximum atomic E-state index is 13.7. The minimum Gasteiger partial charge on any atom is -0.481 e. The average molecular weight is 294 g/mol. The van der Waals surface area contributed by atoms with Gasteiger partial charge in [0.05, 0.1) is 12.0 Å². The molecule has 3 nitrogen and oxygen atoms in total. The van der Waals surface area contributed by atoms with Crippen molar-refractivity contribution in [2.24, 2.45) is 17.8 Å². The molecule has 1 aromatic carbocycles. The third-order valence-corrected chi connectivity index (χ3v) is 4.81. The van der Waals surface area contributed by atoms with Crippen LogP contribution in [0.2, 0.25) is 0 Å². The number of aliphatic carboxylic acids is 1. The third kappa shape index (κ3) is 3.10. The molecule has 0 bridgehead atoms. The van der Waals surface area contributed by atoms with Gasteiger partial charge in [0.25, 0.3) is 0 Å². The molecule has 0 radical (unpaired) electrons. The first-order valence-corrected chi connectivity index (χ1v) is 7.52. The molecule has 2 N–H and O–H groups in total. The van der Waals surface area contributed by atoms with Crippen molar-refractivity contribution in [1.82, 2.24) is 0 Å². The minimum atomic E-state index is -0.847. The van der Waals surface area contributed by atoms with Crippen molar-refractivity contribution in [3.63, 3.8) is 0 Å². The van der Waals surface area contributed by atoms with Crippen LogP contribution in [0.25, 0.3) is 0 Å². The van der Waals surface area contributed by atoms with Crippen molar-refractivity contribution in [2.75, 3.05) is 0 Å². The molecule has 116 valence electrons. The molecule has 1 aliphatic carbocycles. The highest BCUT2D eigenvalue weighted by atomic mass is 19.1. The average Bonchev–Trinajstić information content (AvgIpc) is 2.87. The number of halogens is 1. The molecule has 21 heavy (non-hydrogen) atoms. The molecule has 2 rings (SSSR count). The number of carbonyl (C=O) groups is 1. The third-order valence-electron chi connectivity index (χ3n) is 4.81. The summed E-state index contributed by atoms with van der Waals surface area (Å²) in [5, 5.41) is 20.0. The molecule has 0 spiro atoms. The van der Waals surface area contributed by atoms with Gasteiger partial charge in [-0.25, -0.2) is 4.39 Å². The second kappa shape index (κ2) is 6.14. The Balaban J connectivity index is 2.30. The van der Waals surface area contributed by atoms with Gasteiger partial charge < -0.3 is 10.2 Å². The minimum absolute atomic E-state index is 0.265. The predicted octanol–water partition coefficient (Wildman–Crippen LogP) is 3.61. The summed E-state index contributed by atoms with van der Waals surface area (Å²) in [7, 11) is 0. The van der Waals surface area contributed by atoms with Crippen LogP contribution in [0.5, 0.6) is 0 Å². The van der Waals surface area contributed by atoms with Gasteiger partial charge in [0, 0.05) is 5.92 Å². The molecule has 1 fully saturated rings. The van der Waals surface area contributed by atoms with Crippen LogP contribution in [-0.4, -0.2) is 16.2 Å². The van der Waals surface area contributed by atoms with Crippen molar-refractivity contribution < 1.29 is 19.4 Å². The molecule has 4 atom stereocenters. The standard InChI is InChI=1S/C17H23FO3/c1-4-11-7-13(14(8-11)17(20)21)16(19)12-5-9(2)15(18)10(3)6-12/h5-6,11,13-14,16,19H,4,7-8H2,1-3H3,(H,20,21). The first-order valence-electron chi connectivity index (χ1n) is 7.52. The van der Waals surface area contributed by atoms with E-state index in [4.69, 9.17) is 0 Å². The van der Waals surface area contributed by atoms with E-state index in [-0.39, 0.29) is 11.7 Å². The second-order valence-electron chi connectivity index (χ2n) is 6.27. The lowest BCUT2D eigenvalue weighted by atomic mass is 9.86. The molecule has 1 aliphatic rings. The van der Waals surface area contributed by atoms with E-state index in [9.17, 15) is 19.4 Å². The molecule has 0 heterocycles. The monoisotopic (exact) mass is 294 g/mol.